The number of carbonyl (C=O) groups is 1. The van der Waals surface area contributed by atoms with Gasteiger partial charge in [-0.1, -0.05) is 53.1 Å². The van der Waals surface area contributed by atoms with Gasteiger partial charge in [-0.05, 0) is 18.6 Å². The van der Waals surface area contributed by atoms with E-state index in [-0.39, 0.29) is 5.97 Å². The van der Waals surface area contributed by atoms with Gasteiger partial charge in [-0.3, -0.25) is 0 Å². The number of benzene rings is 1. The Kier molecular flexibility index (Phi) is 8.01. The van der Waals surface area contributed by atoms with E-state index in [1.807, 2.05) is 29.0 Å². The highest BCUT2D eigenvalue weighted by Gasteiger charge is 2.04. The summed E-state index contributed by atoms with van der Waals surface area (Å²) >= 11 is 0. The van der Waals surface area contributed by atoms with Crippen molar-refractivity contribution in [2.24, 2.45) is 0 Å². The maximum absolute atomic E-state index is 11.5. The summed E-state index contributed by atoms with van der Waals surface area (Å²) in [5.74, 6) is 1.80. The minimum atomic E-state index is -0.232. The second-order valence-corrected chi connectivity index (χ2v) is 6.20. The Morgan fingerprint density at radius 3 is 2.59 bits per heavy atom. The van der Waals surface area contributed by atoms with E-state index in [4.69, 9.17) is 4.74 Å². The first-order valence-electron chi connectivity index (χ1n) is 5.81. The average molecular weight is 270 g/mol. The Hall–Kier alpha value is -0.610. The molecule has 1 aromatic rings. The fourth-order valence-corrected chi connectivity index (χ4v) is 3.21. The van der Waals surface area contributed by atoms with E-state index in [0.29, 0.717) is 12.2 Å². The van der Waals surface area contributed by atoms with Gasteiger partial charge >= 0.3 is 5.97 Å². The van der Waals surface area contributed by atoms with Crippen LogP contribution in [0.25, 0.3) is 0 Å². The molecule has 2 nitrogen and oxygen atoms in total. The first kappa shape index (κ1) is 14.5. The molecule has 0 radical (unpaired) electrons. The van der Waals surface area contributed by atoms with Crippen molar-refractivity contribution in [1.29, 1.82) is 0 Å². The topological polar surface area (TPSA) is 26.3 Å². The molecule has 0 heterocycles. The van der Waals surface area contributed by atoms with E-state index >= 15 is 0 Å². The predicted molar refractivity (Wildman–Crippen MR) is 76.5 cm³/mol. The zero-order valence-electron chi connectivity index (χ0n) is 10.1. The molecule has 0 aromatic heterocycles. The second-order valence-electron chi connectivity index (χ2n) is 3.50. The molecule has 0 spiro atoms. The molecule has 0 N–H and O–H groups in total. The lowest BCUT2D eigenvalue weighted by Crippen LogP contribution is -2.07. The number of carbonyl (C=O) groups excluding carboxylic acids is 1. The molecule has 0 saturated heterocycles. The summed E-state index contributed by atoms with van der Waals surface area (Å²) in [5, 5.41) is 0. The lowest BCUT2D eigenvalue weighted by atomic mass is 10.2. The molecule has 0 atom stereocenters. The van der Waals surface area contributed by atoms with Crippen LogP contribution in [0.4, 0.5) is 0 Å². The van der Waals surface area contributed by atoms with Gasteiger partial charge in [0.25, 0.3) is 0 Å². The molecule has 0 amide bonds. The zero-order valence-corrected chi connectivity index (χ0v) is 11.7. The third kappa shape index (κ3) is 6.64. The predicted octanol–water partition coefficient (Wildman–Crippen LogP) is 4.02. The Bertz CT molecular complexity index is 314. The molecule has 0 fully saturated rings. The van der Waals surface area contributed by atoms with Gasteiger partial charge in [0.05, 0.1) is 5.56 Å². The Balaban J connectivity index is 2.05. The highest BCUT2D eigenvalue weighted by atomic mass is 33.1. The van der Waals surface area contributed by atoms with Crippen molar-refractivity contribution in [2.75, 3.05) is 18.1 Å². The molecule has 0 saturated carbocycles. The fraction of sp³-hybridized carbons (Fsp3) is 0.462. The van der Waals surface area contributed by atoms with Crippen LogP contribution in [-0.4, -0.2) is 24.1 Å². The van der Waals surface area contributed by atoms with E-state index in [9.17, 15) is 4.79 Å². The minimum absolute atomic E-state index is 0.232. The smallest absolute Gasteiger partial charge is 0.338 e. The third-order valence-corrected chi connectivity index (χ3v) is 4.53. The Morgan fingerprint density at radius 2 is 1.88 bits per heavy atom. The van der Waals surface area contributed by atoms with Gasteiger partial charge in [-0.15, -0.1) is 0 Å². The molecule has 17 heavy (non-hydrogen) atoms. The van der Waals surface area contributed by atoms with Crippen molar-refractivity contribution in [3.8, 4) is 0 Å². The van der Waals surface area contributed by atoms with Crippen LogP contribution in [-0.2, 0) is 4.74 Å². The number of rotatable bonds is 8. The van der Waals surface area contributed by atoms with Gasteiger partial charge in [0, 0.05) is 11.5 Å². The molecule has 0 unspecified atom stereocenters. The van der Waals surface area contributed by atoms with E-state index in [1.54, 1.807) is 22.9 Å². The van der Waals surface area contributed by atoms with Crippen molar-refractivity contribution in [3.05, 3.63) is 35.9 Å². The summed E-state index contributed by atoms with van der Waals surface area (Å²) < 4.78 is 5.16. The molecule has 0 aliphatic carbocycles. The van der Waals surface area contributed by atoms with Crippen molar-refractivity contribution in [3.63, 3.8) is 0 Å². The molecule has 4 heteroatoms. The van der Waals surface area contributed by atoms with Crippen LogP contribution in [0.3, 0.4) is 0 Å². The standard InChI is InChI=1S/C13H18O2S2/c1-2-3-10-16-17-11-9-15-13(14)12-7-5-4-6-8-12/h4-8H,2-3,9-11H2,1H3. The van der Waals surface area contributed by atoms with Gasteiger partial charge in [0.2, 0.25) is 0 Å². The average Bonchev–Trinajstić information content (AvgIpc) is 2.38. The molecule has 94 valence electrons. The molecule has 1 aromatic carbocycles. The van der Waals surface area contributed by atoms with Gasteiger partial charge in [0.1, 0.15) is 6.61 Å². The van der Waals surface area contributed by atoms with Crippen molar-refractivity contribution >= 4 is 27.6 Å². The van der Waals surface area contributed by atoms with Crippen LogP contribution in [0.1, 0.15) is 30.1 Å². The summed E-state index contributed by atoms with van der Waals surface area (Å²) in [6, 6.07) is 9.10. The van der Waals surface area contributed by atoms with Crippen LogP contribution < -0.4 is 0 Å². The van der Waals surface area contributed by atoms with Crippen LogP contribution in [0.2, 0.25) is 0 Å². The highest BCUT2D eigenvalue weighted by molar-refractivity contribution is 8.76. The minimum Gasteiger partial charge on any atom is -0.461 e. The molecular weight excluding hydrogens is 252 g/mol. The SMILES string of the molecule is CCCCSSCCOC(=O)c1ccccc1. The van der Waals surface area contributed by atoms with E-state index in [1.165, 1.54) is 18.6 Å². The first-order chi connectivity index (χ1) is 8.34. The van der Waals surface area contributed by atoms with Crippen molar-refractivity contribution in [1.82, 2.24) is 0 Å². The number of unbranched alkanes of at least 4 members (excludes halogenated alkanes) is 1. The third-order valence-electron chi connectivity index (χ3n) is 2.07. The number of hydrogen-bond donors (Lipinski definition) is 0. The monoisotopic (exact) mass is 270 g/mol. The van der Waals surface area contributed by atoms with Gasteiger partial charge in [0.15, 0.2) is 0 Å². The van der Waals surface area contributed by atoms with E-state index < -0.39 is 0 Å². The maximum atomic E-state index is 11.5. The van der Waals surface area contributed by atoms with Gasteiger partial charge in [-0.25, -0.2) is 4.79 Å². The quantitative estimate of drug-likeness (QED) is 0.405. The Labute approximate surface area is 111 Å². The highest BCUT2D eigenvalue weighted by Crippen LogP contribution is 2.22. The van der Waals surface area contributed by atoms with Gasteiger partial charge in [-0.2, -0.15) is 0 Å². The van der Waals surface area contributed by atoms with E-state index in [0.717, 1.165) is 5.75 Å². The maximum Gasteiger partial charge on any atom is 0.338 e. The lowest BCUT2D eigenvalue weighted by molar-refractivity contribution is 0.0530. The molecule has 0 bridgehead atoms. The molecule has 0 aliphatic heterocycles. The first-order valence-corrected chi connectivity index (χ1v) is 8.30. The van der Waals surface area contributed by atoms with Crippen LogP contribution in [0.15, 0.2) is 30.3 Å². The lowest BCUT2D eigenvalue weighted by Gasteiger charge is -2.04. The normalized spacial score (nSPS) is 10.2. The van der Waals surface area contributed by atoms with Crippen molar-refractivity contribution < 1.29 is 9.53 Å². The summed E-state index contributed by atoms with van der Waals surface area (Å²) in [5.41, 5.74) is 0.621. The van der Waals surface area contributed by atoms with Gasteiger partial charge < -0.3 is 4.74 Å². The van der Waals surface area contributed by atoms with Crippen LogP contribution in [0, 0.1) is 0 Å². The van der Waals surface area contributed by atoms with Crippen molar-refractivity contribution in [2.45, 2.75) is 19.8 Å². The summed E-state index contributed by atoms with van der Waals surface area (Å²) in [6.45, 7) is 2.67. The summed E-state index contributed by atoms with van der Waals surface area (Å²) in [7, 11) is 3.62. The molecule has 1 rings (SSSR count). The Morgan fingerprint density at radius 1 is 1.18 bits per heavy atom. The number of ether oxygens (including phenoxy) is 1. The molecular formula is C13H18O2S2. The largest absolute Gasteiger partial charge is 0.461 e. The summed E-state index contributed by atoms with van der Waals surface area (Å²) in [6.07, 6.45) is 2.48. The fourth-order valence-electron chi connectivity index (χ4n) is 1.15. The second kappa shape index (κ2) is 9.42. The number of hydrogen-bond acceptors (Lipinski definition) is 4. The van der Waals surface area contributed by atoms with E-state index in [2.05, 4.69) is 6.92 Å². The summed E-state index contributed by atoms with van der Waals surface area (Å²) in [4.78, 5) is 11.5. The van der Waals surface area contributed by atoms with Crippen LogP contribution in [0.5, 0.6) is 0 Å². The number of esters is 1. The molecule has 0 aliphatic rings. The van der Waals surface area contributed by atoms with Crippen LogP contribution >= 0.6 is 21.6 Å². The zero-order chi connectivity index (χ0) is 12.3.